The Bertz CT molecular complexity index is 491. The molecule has 0 bridgehead atoms. The first-order chi connectivity index (χ1) is 8.09. The van der Waals surface area contributed by atoms with Crippen molar-refractivity contribution in [3.63, 3.8) is 0 Å². The fourth-order valence-electron chi connectivity index (χ4n) is 2.16. The highest BCUT2D eigenvalue weighted by Gasteiger charge is 2.31. The molecule has 4 heteroatoms. The van der Waals surface area contributed by atoms with Crippen LogP contribution in [0.5, 0.6) is 0 Å². The van der Waals surface area contributed by atoms with Crippen LogP contribution in [0, 0.1) is 0 Å². The molecule has 88 valence electrons. The highest BCUT2D eigenvalue weighted by molar-refractivity contribution is 5.94. The van der Waals surface area contributed by atoms with Crippen LogP contribution in [0.25, 0.3) is 0 Å². The molecule has 2 rings (SSSR count). The van der Waals surface area contributed by atoms with Gasteiger partial charge in [-0.15, -0.1) is 0 Å². The number of benzene rings is 1. The highest BCUT2D eigenvalue weighted by atomic mass is 16.4. The molecule has 0 unspecified atom stereocenters. The van der Waals surface area contributed by atoms with Gasteiger partial charge in [0.1, 0.15) is 0 Å². The largest absolute Gasteiger partial charge is 0.478 e. The number of carbonyl (C=O) groups is 2. The Morgan fingerprint density at radius 3 is 2.59 bits per heavy atom. The average molecular weight is 231 g/mol. The van der Waals surface area contributed by atoms with E-state index in [1.165, 1.54) is 0 Å². The lowest BCUT2D eigenvalue weighted by atomic mass is 9.84. The topological polar surface area (TPSA) is 66.4 Å². The minimum Gasteiger partial charge on any atom is -0.478 e. The lowest BCUT2D eigenvalue weighted by Gasteiger charge is -2.25. The van der Waals surface area contributed by atoms with Gasteiger partial charge in [0, 0.05) is 18.0 Å². The maximum atomic E-state index is 11.5. The molecule has 0 aromatic heterocycles. The van der Waals surface area contributed by atoms with E-state index < -0.39 is 5.97 Å². The van der Waals surface area contributed by atoms with E-state index in [2.05, 4.69) is 5.32 Å². The molecule has 1 aromatic rings. The molecule has 0 spiro atoms. The van der Waals surface area contributed by atoms with Gasteiger partial charge in [0.15, 0.2) is 0 Å². The van der Waals surface area contributed by atoms with Crippen LogP contribution in [0.15, 0.2) is 41.6 Å². The maximum Gasteiger partial charge on any atom is 0.333 e. The van der Waals surface area contributed by atoms with Gasteiger partial charge in [0.25, 0.3) is 0 Å². The first kappa shape index (κ1) is 11.4. The Morgan fingerprint density at radius 2 is 2.00 bits per heavy atom. The molecule has 2 N–H and O–H groups in total. The van der Waals surface area contributed by atoms with Crippen LogP contribution in [0.3, 0.4) is 0 Å². The second-order valence-electron chi connectivity index (χ2n) is 4.06. The summed E-state index contributed by atoms with van der Waals surface area (Å²) in [6.07, 6.45) is 0.184. The van der Waals surface area contributed by atoms with E-state index in [-0.39, 0.29) is 23.8 Å². The quantitative estimate of drug-likeness (QED) is 0.813. The summed E-state index contributed by atoms with van der Waals surface area (Å²) in [7, 11) is 0. The Morgan fingerprint density at radius 1 is 1.35 bits per heavy atom. The summed E-state index contributed by atoms with van der Waals surface area (Å²) in [5.74, 6) is -1.47. The number of carboxylic acid groups (broad SMARTS) is 1. The maximum absolute atomic E-state index is 11.5. The van der Waals surface area contributed by atoms with Crippen molar-refractivity contribution >= 4 is 11.9 Å². The third-order valence-corrected chi connectivity index (χ3v) is 2.90. The second kappa shape index (κ2) is 4.41. The molecule has 1 atom stereocenters. The predicted molar refractivity (Wildman–Crippen MR) is 62.3 cm³/mol. The third kappa shape index (κ3) is 2.20. The van der Waals surface area contributed by atoms with Crippen molar-refractivity contribution in [1.29, 1.82) is 0 Å². The summed E-state index contributed by atoms with van der Waals surface area (Å²) in [4.78, 5) is 22.7. The summed E-state index contributed by atoms with van der Waals surface area (Å²) in [5, 5.41) is 11.8. The number of amides is 1. The normalized spacial score (nSPS) is 20.1. The van der Waals surface area contributed by atoms with Gasteiger partial charge in [-0.1, -0.05) is 30.3 Å². The predicted octanol–water partition coefficient (Wildman–Crippen LogP) is 1.65. The van der Waals surface area contributed by atoms with E-state index in [4.69, 9.17) is 0 Å². The molecular formula is C13H13NO3. The Hall–Kier alpha value is -2.10. The van der Waals surface area contributed by atoms with Gasteiger partial charge in [-0.05, 0) is 12.5 Å². The molecule has 1 aromatic carbocycles. The molecule has 0 saturated carbocycles. The van der Waals surface area contributed by atoms with Crippen molar-refractivity contribution in [2.45, 2.75) is 19.3 Å². The van der Waals surface area contributed by atoms with Gasteiger partial charge >= 0.3 is 5.97 Å². The summed E-state index contributed by atoms with van der Waals surface area (Å²) < 4.78 is 0. The van der Waals surface area contributed by atoms with Crippen molar-refractivity contribution in [3.8, 4) is 0 Å². The van der Waals surface area contributed by atoms with Gasteiger partial charge in [-0.2, -0.15) is 0 Å². The number of hydrogen-bond acceptors (Lipinski definition) is 2. The first-order valence-corrected chi connectivity index (χ1v) is 5.38. The highest BCUT2D eigenvalue weighted by Crippen LogP contribution is 2.32. The summed E-state index contributed by atoms with van der Waals surface area (Å²) in [6, 6.07) is 9.25. The van der Waals surface area contributed by atoms with Crippen LogP contribution in [0.2, 0.25) is 0 Å². The van der Waals surface area contributed by atoms with Gasteiger partial charge in [0.2, 0.25) is 5.91 Å². The fraction of sp³-hybridized carbons (Fsp3) is 0.231. The van der Waals surface area contributed by atoms with Crippen LogP contribution >= 0.6 is 0 Å². The molecule has 0 radical (unpaired) electrons. The van der Waals surface area contributed by atoms with Gasteiger partial charge in [-0.3, -0.25) is 4.79 Å². The summed E-state index contributed by atoms with van der Waals surface area (Å²) in [5.41, 5.74) is 1.57. The number of aliphatic carboxylic acids is 1. The van der Waals surface area contributed by atoms with Crippen molar-refractivity contribution in [2.24, 2.45) is 0 Å². The number of rotatable bonds is 2. The van der Waals surface area contributed by atoms with E-state index in [1.807, 2.05) is 30.3 Å². The van der Waals surface area contributed by atoms with Crippen molar-refractivity contribution < 1.29 is 14.7 Å². The minimum atomic E-state index is -0.976. The Kier molecular flexibility index (Phi) is 2.95. The first-order valence-electron chi connectivity index (χ1n) is 5.38. The van der Waals surface area contributed by atoms with Crippen LogP contribution in [0.1, 0.15) is 24.8 Å². The van der Waals surface area contributed by atoms with Gasteiger partial charge < -0.3 is 10.4 Å². The molecule has 1 aliphatic rings. The molecule has 0 fully saturated rings. The van der Waals surface area contributed by atoms with Crippen molar-refractivity contribution in [1.82, 2.24) is 5.32 Å². The zero-order valence-electron chi connectivity index (χ0n) is 9.43. The van der Waals surface area contributed by atoms with E-state index in [0.717, 1.165) is 5.56 Å². The summed E-state index contributed by atoms with van der Waals surface area (Å²) in [6.45, 7) is 1.62. The number of nitrogens with one attached hydrogen (secondary N) is 1. The molecular weight excluding hydrogens is 218 g/mol. The van der Waals surface area contributed by atoms with E-state index in [9.17, 15) is 14.7 Å². The van der Waals surface area contributed by atoms with Crippen LogP contribution < -0.4 is 5.32 Å². The zero-order chi connectivity index (χ0) is 12.4. The molecule has 1 heterocycles. The smallest absolute Gasteiger partial charge is 0.333 e. The van der Waals surface area contributed by atoms with Gasteiger partial charge in [0.05, 0.1) is 5.57 Å². The van der Waals surface area contributed by atoms with Crippen LogP contribution in [-0.2, 0) is 9.59 Å². The molecule has 4 nitrogen and oxygen atoms in total. The van der Waals surface area contributed by atoms with Crippen LogP contribution in [-0.4, -0.2) is 17.0 Å². The number of allylic oxidation sites excluding steroid dienone is 1. The molecule has 1 amide bonds. The standard InChI is InChI=1S/C13H13NO3/c1-8-12(13(16)17)10(7-11(15)14-8)9-5-3-2-4-6-9/h2-6,10H,7H2,1H3,(H,14,15)(H,16,17)/t10-/m1/s1. The lowest BCUT2D eigenvalue weighted by molar-refractivity contribution is -0.133. The van der Waals surface area contributed by atoms with Gasteiger partial charge in [-0.25, -0.2) is 4.79 Å². The molecule has 0 saturated heterocycles. The monoisotopic (exact) mass is 231 g/mol. The van der Waals surface area contributed by atoms with E-state index >= 15 is 0 Å². The van der Waals surface area contributed by atoms with E-state index in [0.29, 0.717) is 5.70 Å². The number of carbonyl (C=O) groups excluding carboxylic acids is 1. The minimum absolute atomic E-state index is 0.138. The Labute approximate surface area is 99.0 Å². The molecule has 0 aliphatic carbocycles. The average Bonchev–Trinajstić information content (AvgIpc) is 2.28. The molecule has 1 aliphatic heterocycles. The van der Waals surface area contributed by atoms with E-state index in [1.54, 1.807) is 6.92 Å². The lowest BCUT2D eigenvalue weighted by Crippen LogP contribution is -2.33. The second-order valence-corrected chi connectivity index (χ2v) is 4.06. The molecule has 17 heavy (non-hydrogen) atoms. The fourth-order valence-corrected chi connectivity index (χ4v) is 2.16. The third-order valence-electron chi connectivity index (χ3n) is 2.90. The Balaban J connectivity index is 2.47. The SMILES string of the molecule is CC1=C(C(=O)O)[C@@H](c2ccccc2)CC(=O)N1. The zero-order valence-corrected chi connectivity index (χ0v) is 9.43. The summed E-state index contributed by atoms with van der Waals surface area (Å²) >= 11 is 0. The van der Waals surface area contributed by atoms with Crippen molar-refractivity contribution in [2.75, 3.05) is 0 Å². The number of carboxylic acids is 1. The number of hydrogen-bond donors (Lipinski definition) is 2. The van der Waals surface area contributed by atoms with Crippen molar-refractivity contribution in [3.05, 3.63) is 47.2 Å². The van der Waals surface area contributed by atoms with Crippen LogP contribution in [0.4, 0.5) is 0 Å².